The molecule has 27 heavy (non-hydrogen) atoms. The Morgan fingerprint density at radius 2 is 1.67 bits per heavy atom. The number of ketones is 1. The van der Waals surface area contributed by atoms with E-state index in [2.05, 4.69) is 15.9 Å². The summed E-state index contributed by atoms with van der Waals surface area (Å²) >= 11 is 3.33. The van der Waals surface area contributed by atoms with Crippen LogP contribution in [-0.4, -0.2) is 25.2 Å². The first-order valence-electron chi connectivity index (χ1n) is 7.77. The molecule has 0 radical (unpaired) electrons. The molecule has 0 fully saturated rings. The van der Waals surface area contributed by atoms with Gasteiger partial charge in [0.1, 0.15) is 0 Å². The normalized spacial score (nSPS) is 17.5. The lowest BCUT2D eigenvalue weighted by molar-refractivity contribution is -0.117. The highest BCUT2D eigenvalue weighted by Gasteiger charge is 2.43. The molecular weight excluding hydrogens is 436 g/mol. The van der Waals surface area contributed by atoms with Crippen molar-refractivity contribution in [3.63, 3.8) is 0 Å². The lowest BCUT2D eigenvalue weighted by Gasteiger charge is -2.26. The fourth-order valence-corrected chi connectivity index (χ4v) is 3.77. The van der Waals surface area contributed by atoms with Crippen LogP contribution in [0.5, 0.6) is 0 Å². The molecule has 2 aromatic rings. The second kappa shape index (κ2) is 6.91. The molecule has 3 rings (SSSR count). The zero-order valence-corrected chi connectivity index (χ0v) is 16.5. The number of benzene rings is 2. The number of nitrogens with two attached hydrogens (primary N) is 1. The van der Waals surface area contributed by atoms with Gasteiger partial charge in [-0.1, -0.05) is 28.1 Å². The van der Waals surface area contributed by atoms with Gasteiger partial charge in [-0.05, 0) is 48.9 Å². The first-order valence-corrected chi connectivity index (χ1v) is 10.1. The molecule has 1 aliphatic heterocycles. The van der Waals surface area contributed by atoms with Crippen molar-refractivity contribution in [1.82, 2.24) is 0 Å². The molecule has 3 N–H and O–H groups in total. The van der Waals surface area contributed by atoms with Gasteiger partial charge in [-0.15, -0.1) is 0 Å². The molecular formula is C18H15BrN2O5S. The molecule has 2 aromatic carbocycles. The van der Waals surface area contributed by atoms with Crippen LogP contribution >= 0.6 is 15.9 Å². The number of halogens is 1. The number of rotatable bonds is 4. The van der Waals surface area contributed by atoms with E-state index in [1.165, 1.54) is 36.1 Å². The SMILES string of the molecule is CC(=O)C1=C(O)C(=O)N(c2ccc(S(N)(=O)=O)cc2)C1c1ccc(Br)cc1. The molecule has 7 nitrogen and oxygen atoms in total. The highest BCUT2D eigenvalue weighted by molar-refractivity contribution is 9.10. The summed E-state index contributed by atoms with van der Waals surface area (Å²) in [5.74, 6) is -1.79. The molecule has 0 saturated heterocycles. The van der Waals surface area contributed by atoms with Gasteiger partial charge in [0.05, 0.1) is 16.5 Å². The number of primary sulfonamides is 1. The molecule has 1 unspecified atom stereocenters. The van der Waals surface area contributed by atoms with Gasteiger partial charge in [0.15, 0.2) is 11.5 Å². The maximum atomic E-state index is 12.7. The number of carbonyl (C=O) groups is 2. The maximum Gasteiger partial charge on any atom is 0.294 e. The Hall–Kier alpha value is -2.49. The molecule has 0 aliphatic carbocycles. The summed E-state index contributed by atoms with van der Waals surface area (Å²) in [5, 5.41) is 15.4. The van der Waals surface area contributed by atoms with Gasteiger partial charge in [-0.3, -0.25) is 14.5 Å². The summed E-state index contributed by atoms with van der Waals surface area (Å²) in [6, 6.07) is 11.5. The minimum Gasteiger partial charge on any atom is -0.503 e. The number of aliphatic hydroxyl groups excluding tert-OH is 1. The molecule has 1 atom stereocenters. The number of carbonyl (C=O) groups excluding carboxylic acids is 2. The van der Waals surface area contributed by atoms with Gasteiger partial charge < -0.3 is 5.11 Å². The Morgan fingerprint density at radius 3 is 2.15 bits per heavy atom. The van der Waals surface area contributed by atoms with E-state index >= 15 is 0 Å². The standard InChI is InChI=1S/C18H15BrN2O5S/c1-10(22)15-16(11-2-4-12(19)5-3-11)21(18(24)17(15)23)13-6-8-14(9-7-13)27(20,25)26/h2-9,16,23H,1H3,(H2,20,25,26). The van der Waals surface area contributed by atoms with Crippen LogP contribution in [0.2, 0.25) is 0 Å². The van der Waals surface area contributed by atoms with Crippen molar-refractivity contribution in [2.24, 2.45) is 5.14 Å². The smallest absolute Gasteiger partial charge is 0.294 e. The second-order valence-electron chi connectivity index (χ2n) is 5.99. The summed E-state index contributed by atoms with van der Waals surface area (Å²) in [6.45, 7) is 1.28. The van der Waals surface area contributed by atoms with Crippen molar-refractivity contribution in [2.45, 2.75) is 17.9 Å². The number of hydrogen-bond donors (Lipinski definition) is 2. The zero-order valence-electron chi connectivity index (χ0n) is 14.1. The lowest BCUT2D eigenvalue weighted by atomic mass is 9.96. The molecule has 9 heteroatoms. The van der Waals surface area contributed by atoms with Crippen molar-refractivity contribution in [3.05, 3.63) is 69.9 Å². The van der Waals surface area contributed by atoms with Crippen LogP contribution in [0.4, 0.5) is 5.69 Å². The Morgan fingerprint density at radius 1 is 1.11 bits per heavy atom. The van der Waals surface area contributed by atoms with Crippen molar-refractivity contribution in [3.8, 4) is 0 Å². The quantitative estimate of drug-likeness (QED) is 0.741. The van der Waals surface area contributed by atoms with Gasteiger partial charge in [0.25, 0.3) is 5.91 Å². The van der Waals surface area contributed by atoms with Crippen molar-refractivity contribution in [1.29, 1.82) is 0 Å². The number of aliphatic hydroxyl groups is 1. The molecule has 0 aromatic heterocycles. The van der Waals surface area contributed by atoms with Crippen molar-refractivity contribution >= 4 is 43.3 Å². The van der Waals surface area contributed by atoms with E-state index in [9.17, 15) is 23.1 Å². The number of anilines is 1. The van der Waals surface area contributed by atoms with E-state index in [1.807, 2.05) is 0 Å². The summed E-state index contributed by atoms with van der Waals surface area (Å²) in [7, 11) is -3.88. The highest BCUT2D eigenvalue weighted by Crippen LogP contribution is 2.41. The van der Waals surface area contributed by atoms with Gasteiger partial charge >= 0.3 is 0 Å². The zero-order chi connectivity index (χ0) is 19.9. The Balaban J connectivity index is 2.14. The van der Waals surface area contributed by atoms with E-state index in [-0.39, 0.29) is 10.5 Å². The average molecular weight is 451 g/mol. The van der Waals surface area contributed by atoms with E-state index in [0.29, 0.717) is 11.3 Å². The van der Waals surface area contributed by atoms with Crippen LogP contribution in [0.25, 0.3) is 0 Å². The summed E-state index contributed by atoms with van der Waals surface area (Å²) in [5.41, 5.74) is 0.928. The molecule has 0 saturated carbocycles. The molecule has 0 bridgehead atoms. The number of amides is 1. The third kappa shape index (κ3) is 3.53. The van der Waals surface area contributed by atoms with E-state index in [0.717, 1.165) is 4.47 Å². The van der Waals surface area contributed by atoms with E-state index in [1.54, 1.807) is 24.3 Å². The second-order valence-corrected chi connectivity index (χ2v) is 8.46. The predicted molar refractivity (Wildman–Crippen MR) is 103 cm³/mol. The Kier molecular flexibility index (Phi) is 4.94. The largest absolute Gasteiger partial charge is 0.503 e. The van der Waals surface area contributed by atoms with Gasteiger partial charge in [-0.25, -0.2) is 13.6 Å². The Bertz CT molecular complexity index is 1060. The van der Waals surface area contributed by atoms with Crippen molar-refractivity contribution in [2.75, 3.05) is 4.90 Å². The van der Waals surface area contributed by atoms with Crippen LogP contribution < -0.4 is 10.0 Å². The van der Waals surface area contributed by atoms with Crippen LogP contribution in [0.1, 0.15) is 18.5 Å². The topological polar surface area (TPSA) is 118 Å². The number of nitrogens with zero attached hydrogens (tertiary/aromatic N) is 1. The minimum atomic E-state index is -3.88. The van der Waals surface area contributed by atoms with Crippen LogP contribution in [0.3, 0.4) is 0 Å². The van der Waals surface area contributed by atoms with Gasteiger partial charge in [0, 0.05) is 10.2 Å². The van der Waals surface area contributed by atoms with E-state index < -0.39 is 33.5 Å². The third-order valence-corrected chi connectivity index (χ3v) is 5.67. The number of hydrogen-bond acceptors (Lipinski definition) is 5. The van der Waals surface area contributed by atoms with Gasteiger partial charge in [-0.2, -0.15) is 0 Å². The van der Waals surface area contributed by atoms with Crippen LogP contribution in [-0.2, 0) is 19.6 Å². The minimum absolute atomic E-state index is 0.0159. The third-order valence-electron chi connectivity index (χ3n) is 4.22. The predicted octanol–water partition coefficient (Wildman–Crippen LogP) is 2.59. The highest BCUT2D eigenvalue weighted by atomic mass is 79.9. The van der Waals surface area contributed by atoms with Crippen molar-refractivity contribution < 1.29 is 23.1 Å². The summed E-state index contributed by atoms with van der Waals surface area (Å²) in [6.07, 6.45) is 0. The fraction of sp³-hybridized carbons (Fsp3) is 0.111. The monoisotopic (exact) mass is 450 g/mol. The average Bonchev–Trinajstić information content (AvgIpc) is 2.86. The molecule has 1 aliphatic rings. The summed E-state index contributed by atoms with van der Waals surface area (Å²) in [4.78, 5) is 25.9. The molecule has 140 valence electrons. The summed E-state index contributed by atoms with van der Waals surface area (Å²) < 4.78 is 23.7. The Labute approximate surface area is 164 Å². The molecule has 0 spiro atoms. The van der Waals surface area contributed by atoms with E-state index in [4.69, 9.17) is 5.14 Å². The van der Waals surface area contributed by atoms with Crippen LogP contribution in [0, 0.1) is 0 Å². The number of Topliss-reactive ketones (excluding diaryl/α,β-unsaturated/α-hetero) is 1. The first-order chi connectivity index (χ1) is 12.6. The molecule has 1 heterocycles. The maximum absolute atomic E-state index is 12.7. The first kappa shape index (κ1) is 19.3. The fourth-order valence-electron chi connectivity index (χ4n) is 2.99. The van der Waals surface area contributed by atoms with Gasteiger partial charge in [0.2, 0.25) is 10.0 Å². The molecule has 1 amide bonds. The lowest BCUT2D eigenvalue weighted by Crippen LogP contribution is -2.30. The van der Waals surface area contributed by atoms with Crippen LogP contribution in [0.15, 0.2) is 69.2 Å². The number of sulfonamides is 1.